The molecule has 0 bridgehead atoms. The normalized spacial score (nSPS) is 12.1. The zero-order chi connectivity index (χ0) is 28.3. The number of benzene rings is 2. The molecule has 0 spiro atoms. The van der Waals surface area contributed by atoms with Crippen molar-refractivity contribution < 1.29 is 14.3 Å². The van der Waals surface area contributed by atoms with Crippen LogP contribution in [0.4, 0.5) is 4.79 Å². The standard InChI is InChI=1S/C35H52N2O3/c1-2-3-4-5-6-7-8-9-10-11-12-13-14-15-16-21-26-36-34(38)27-37-35(39)40-28-33-31-24-19-17-22-29(31)30-23-18-20-25-32(30)33/h17-20,22-25,33H,2-16,21,26-28H2,1H3,(H,36,38)(H,37,39). The zero-order valence-corrected chi connectivity index (χ0v) is 24.9. The van der Waals surface area contributed by atoms with Crippen LogP contribution in [0.1, 0.15) is 127 Å². The maximum absolute atomic E-state index is 12.2. The molecule has 5 heteroatoms. The van der Waals surface area contributed by atoms with Gasteiger partial charge in [-0.15, -0.1) is 0 Å². The minimum Gasteiger partial charge on any atom is -0.449 e. The van der Waals surface area contributed by atoms with Crippen molar-refractivity contribution in [2.24, 2.45) is 0 Å². The second-order valence-electron chi connectivity index (χ2n) is 11.3. The van der Waals surface area contributed by atoms with Crippen molar-refractivity contribution in [1.29, 1.82) is 0 Å². The maximum atomic E-state index is 12.2. The van der Waals surface area contributed by atoms with Crippen LogP contribution in [0.25, 0.3) is 11.1 Å². The Morgan fingerprint density at radius 3 is 1.57 bits per heavy atom. The Morgan fingerprint density at radius 1 is 0.625 bits per heavy atom. The first-order chi connectivity index (χ1) is 19.7. The average molecular weight is 549 g/mol. The third kappa shape index (κ3) is 11.3. The second kappa shape index (κ2) is 19.3. The van der Waals surface area contributed by atoms with Gasteiger partial charge >= 0.3 is 6.09 Å². The molecule has 2 aromatic rings. The van der Waals surface area contributed by atoms with Crippen molar-refractivity contribution in [3.05, 3.63) is 59.7 Å². The summed E-state index contributed by atoms with van der Waals surface area (Å²) in [6.07, 6.45) is 20.8. The molecule has 0 atom stereocenters. The van der Waals surface area contributed by atoms with Crippen molar-refractivity contribution in [2.75, 3.05) is 19.7 Å². The Morgan fingerprint density at radius 2 is 1.07 bits per heavy atom. The van der Waals surface area contributed by atoms with E-state index in [0.29, 0.717) is 6.54 Å². The van der Waals surface area contributed by atoms with E-state index in [1.807, 2.05) is 24.3 Å². The molecule has 2 amide bonds. The van der Waals surface area contributed by atoms with Gasteiger partial charge in [0.25, 0.3) is 0 Å². The van der Waals surface area contributed by atoms with Crippen LogP contribution in [0.3, 0.4) is 0 Å². The number of nitrogens with one attached hydrogen (secondary N) is 2. The summed E-state index contributed by atoms with van der Waals surface area (Å²) in [4.78, 5) is 24.4. The van der Waals surface area contributed by atoms with E-state index in [4.69, 9.17) is 4.74 Å². The highest BCUT2D eigenvalue weighted by Gasteiger charge is 2.29. The summed E-state index contributed by atoms with van der Waals surface area (Å²) in [5, 5.41) is 5.49. The number of fused-ring (bicyclic) bond motifs is 3. The molecule has 0 aromatic heterocycles. The van der Waals surface area contributed by atoms with E-state index in [2.05, 4.69) is 41.8 Å². The molecule has 2 N–H and O–H groups in total. The first-order valence-corrected chi connectivity index (χ1v) is 16.1. The van der Waals surface area contributed by atoms with Crippen LogP contribution in [0.15, 0.2) is 48.5 Å². The predicted octanol–water partition coefficient (Wildman–Crippen LogP) is 8.90. The SMILES string of the molecule is CCCCCCCCCCCCCCCCCCNC(=O)CNC(=O)OCC1c2ccccc2-c2ccccc21. The van der Waals surface area contributed by atoms with Crippen LogP contribution >= 0.6 is 0 Å². The monoisotopic (exact) mass is 548 g/mol. The minimum atomic E-state index is -0.556. The molecule has 0 aliphatic heterocycles. The van der Waals surface area contributed by atoms with Gasteiger partial charge in [0, 0.05) is 12.5 Å². The lowest BCUT2D eigenvalue weighted by molar-refractivity contribution is -0.120. The first kappa shape index (κ1) is 31.7. The molecule has 2 aromatic carbocycles. The van der Waals surface area contributed by atoms with E-state index >= 15 is 0 Å². The first-order valence-electron chi connectivity index (χ1n) is 16.1. The highest BCUT2D eigenvalue weighted by atomic mass is 16.5. The molecule has 1 aliphatic carbocycles. The maximum Gasteiger partial charge on any atom is 0.407 e. The van der Waals surface area contributed by atoms with Crippen molar-refractivity contribution in [3.63, 3.8) is 0 Å². The van der Waals surface area contributed by atoms with Crippen LogP contribution in [0.2, 0.25) is 0 Å². The lowest BCUT2D eigenvalue weighted by Crippen LogP contribution is -2.37. The number of rotatable bonds is 21. The molecule has 40 heavy (non-hydrogen) atoms. The smallest absolute Gasteiger partial charge is 0.407 e. The summed E-state index contributed by atoms with van der Waals surface area (Å²) in [7, 11) is 0. The predicted molar refractivity (Wildman–Crippen MR) is 166 cm³/mol. The van der Waals surface area contributed by atoms with E-state index < -0.39 is 6.09 Å². The van der Waals surface area contributed by atoms with Gasteiger partial charge in [0.1, 0.15) is 6.61 Å². The molecular weight excluding hydrogens is 496 g/mol. The van der Waals surface area contributed by atoms with Crippen molar-refractivity contribution >= 4 is 12.0 Å². The third-order valence-electron chi connectivity index (χ3n) is 8.09. The van der Waals surface area contributed by atoms with Crippen molar-refractivity contribution in [2.45, 2.75) is 116 Å². The molecule has 0 heterocycles. The summed E-state index contributed by atoms with van der Waals surface area (Å²) in [5.74, 6) is -0.156. The van der Waals surface area contributed by atoms with Gasteiger partial charge < -0.3 is 15.4 Å². The molecule has 3 rings (SSSR count). The van der Waals surface area contributed by atoms with Crippen LogP contribution in [-0.2, 0) is 9.53 Å². The number of carbonyl (C=O) groups is 2. The number of ether oxygens (including phenoxy) is 1. The highest BCUT2D eigenvalue weighted by Crippen LogP contribution is 2.44. The van der Waals surface area contributed by atoms with Crippen LogP contribution < -0.4 is 10.6 Å². The Hall–Kier alpha value is -2.82. The number of hydrogen-bond donors (Lipinski definition) is 2. The van der Waals surface area contributed by atoms with Gasteiger partial charge in [0.2, 0.25) is 5.91 Å². The third-order valence-corrected chi connectivity index (χ3v) is 8.09. The number of hydrogen-bond acceptors (Lipinski definition) is 3. The highest BCUT2D eigenvalue weighted by molar-refractivity contribution is 5.82. The van der Waals surface area contributed by atoms with E-state index in [1.165, 1.54) is 112 Å². The molecule has 220 valence electrons. The number of alkyl carbamates (subject to hydrolysis) is 1. The van der Waals surface area contributed by atoms with Gasteiger partial charge in [0.05, 0.1) is 6.54 Å². The van der Waals surface area contributed by atoms with Gasteiger partial charge in [0.15, 0.2) is 0 Å². The fraction of sp³-hybridized carbons (Fsp3) is 0.600. The Balaban J connectivity index is 1.13. The topological polar surface area (TPSA) is 67.4 Å². The minimum absolute atomic E-state index is 0.0156. The quantitative estimate of drug-likeness (QED) is 0.153. The largest absolute Gasteiger partial charge is 0.449 e. The lowest BCUT2D eigenvalue weighted by Gasteiger charge is -2.14. The van der Waals surface area contributed by atoms with E-state index in [9.17, 15) is 9.59 Å². The molecule has 1 aliphatic rings. The fourth-order valence-electron chi connectivity index (χ4n) is 5.77. The van der Waals surface area contributed by atoms with Gasteiger partial charge in [-0.1, -0.05) is 152 Å². The number of unbranched alkanes of at least 4 members (excludes halogenated alkanes) is 15. The fourth-order valence-corrected chi connectivity index (χ4v) is 5.77. The molecule has 0 saturated carbocycles. The second-order valence-corrected chi connectivity index (χ2v) is 11.3. The van der Waals surface area contributed by atoms with Crippen LogP contribution in [0, 0.1) is 0 Å². The number of amides is 2. The molecule has 0 saturated heterocycles. The molecule has 0 fully saturated rings. The lowest BCUT2D eigenvalue weighted by atomic mass is 9.98. The number of carbonyl (C=O) groups excluding carboxylic acids is 2. The molecule has 5 nitrogen and oxygen atoms in total. The molecule has 0 unspecified atom stereocenters. The van der Waals surface area contributed by atoms with Gasteiger partial charge in [-0.05, 0) is 28.7 Å². The average Bonchev–Trinajstić information content (AvgIpc) is 3.30. The van der Waals surface area contributed by atoms with Gasteiger partial charge in [-0.2, -0.15) is 0 Å². The van der Waals surface area contributed by atoms with Gasteiger partial charge in [-0.25, -0.2) is 4.79 Å². The van der Waals surface area contributed by atoms with Crippen molar-refractivity contribution in [3.8, 4) is 11.1 Å². The summed E-state index contributed by atoms with van der Waals surface area (Å²) < 4.78 is 5.50. The van der Waals surface area contributed by atoms with Crippen LogP contribution in [-0.4, -0.2) is 31.7 Å². The Labute approximate surface area is 242 Å². The summed E-state index contributed by atoms with van der Waals surface area (Å²) >= 11 is 0. The Kier molecular flexibility index (Phi) is 15.3. The zero-order valence-electron chi connectivity index (χ0n) is 24.9. The molecular formula is C35H52N2O3. The van der Waals surface area contributed by atoms with E-state index in [-0.39, 0.29) is 25.0 Å². The molecule has 0 radical (unpaired) electrons. The summed E-state index contributed by atoms with van der Waals surface area (Å²) in [5.41, 5.74) is 4.74. The van der Waals surface area contributed by atoms with E-state index in [0.717, 1.165) is 12.8 Å². The van der Waals surface area contributed by atoms with Gasteiger partial charge in [-0.3, -0.25) is 4.79 Å². The van der Waals surface area contributed by atoms with Crippen molar-refractivity contribution in [1.82, 2.24) is 10.6 Å². The van der Waals surface area contributed by atoms with E-state index in [1.54, 1.807) is 0 Å². The summed E-state index contributed by atoms with van der Waals surface area (Å²) in [6, 6.07) is 16.5. The Bertz CT molecular complexity index is 960. The summed E-state index contributed by atoms with van der Waals surface area (Å²) in [6.45, 7) is 3.12. The van der Waals surface area contributed by atoms with Crippen LogP contribution in [0.5, 0.6) is 0 Å².